The second kappa shape index (κ2) is 8.14. The molecule has 2 aromatic heterocycles. The summed E-state index contributed by atoms with van der Waals surface area (Å²) in [6, 6.07) is 2.26. The standard InChI is InChI=1S/C21H22F3N5O3/c1-3-29-16-5-4-13(21(22,23)24)8-14(16)27-18(29)17(20(31)6-7-32-11-20)28-19(30)15-10-25-12(2)9-26-15/h4-5,8-10,17,31H,3,6-7,11H2,1-2H3,(H,28,30)/t17-,20-/m1/s1. The first kappa shape index (κ1) is 22.2. The molecule has 8 nitrogen and oxygen atoms in total. The summed E-state index contributed by atoms with van der Waals surface area (Å²) < 4.78 is 46.6. The van der Waals surface area contributed by atoms with Crippen LogP contribution in [-0.4, -0.2) is 49.3 Å². The van der Waals surface area contributed by atoms with Gasteiger partial charge in [0.25, 0.3) is 5.91 Å². The molecule has 0 radical (unpaired) electrons. The summed E-state index contributed by atoms with van der Waals surface area (Å²) in [6.07, 6.45) is -1.54. The maximum atomic E-state index is 13.2. The Balaban J connectivity index is 1.80. The molecule has 0 spiro atoms. The Morgan fingerprint density at radius 1 is 1.34 bits per heavy atom. The van der Waals surface area contributed by atoms with Crippen LogP contribution in [0.1, 0.15) is 47.0 Å². The summed E-state index contributed by atoms with van der Waals surface area (Å²) in [5, 5.41) is 14.0. The molecule has 4 rings (SSSR count). The topological polar surface area (TPSA) is 102 Å². The molecular weight excluding hydrogens is 427 g/mol. The van der Waals surface area contributed by atoms with Crippen molar-refractivity contribution in [2.75, 3.05) is 13.2 Å². The van der Waals surface area contributed by atoms with E-state index in [0.717, 1.165) is 12.1 Å². The van der Waals surface area contributed by atoms with E-state index in [9.17, 15) is 23.1 Å². The van der Waals surface area contributed by atoms with Crippen molar-refractivity contribution in [3.05, 3.63) is 53.4 Å². The number of carbonyl (C=O) groups is 1. The lowest BCUT2D eigenvalue weighted by Crippen LogP contribution is -2.48. The number of nitrogens with one attached hydrogen (secondary N) is 1. The molecule has 0 saturated carbocycles. The van der Waals surface area contributed by atoms with Gasteiger partial charge in [-0.15, -0.1) is 0 Å². The molecule has 32 heavy (non-hydrogen) atoms. The van der Waals surface area contributed by atoms with E-state index in [4.69, 9.17) is 4.74 Å². The van der Waals surface area contributed by atoms with Crippen LogP contribution in [0.3, 0.4) is 0 Å². The summed E-state index contributed by atoms with van der Waals surface area (Å²) in [5.74, 6) is -0.350. The van der Waals surface area contributed by atoms with Gasteiger partial charge in [0.2, 0.25) is 0 Å². The van der Waals surface area contributed by atoms with Crippen molar-refractivity contribution in [1.29, 1.82) is 0 Å². The van der Waals surface area contributed by atoms with Gasteiger partial charge in [0.15, 0.2) is 0 Å². The van der Waals surface area contributed by atoms with Gasteiger partial charge in [0.1, 0.15) is 23.2 Å². The molecule has 1 aliphatic rings. The molecule has 1 aromatic carbocycles. The smallest absolute Gasteiger partial charge is 0.385 e. The lowest BCUT2D eigenvalue weighted by atomic mass is 9.92. The number of ether oxygens (including phenoxy) is 1. The fraction of sp³-hybridized carbons (Fsp3) is 0.429. The minimum atomic E-state index is -4.51. The van der Waals surface area contributed by atoms with Gasteiger partial charge in [0, 0.05) is 25.8 Å². The van der Waals surface area contributed by atoms with Crippen molar-refractivity contribution >= 4 is 16.9 Å². The number of aliphatic hydroxyl groups is 1. The molecule has 2 N–H and O–H groups in total. The summed E-state index contributed by atoms with van der Waals surface area (Å²) in [4.78, 5) is 25.4. The monoisotopic (exact) mass is 449 g/mol. The van der Waals surface area contributed by atoms with E-state index in [1.807, 2.05) is 6.92 Å². The van der Waals surface area contributed by atoms with E-state index >= 15 is 0 Å². The van der Waals surface area contributed by atoms with Crippen LogP contribution in [0.5, 0.6) is 0 Å². The third-order valence-electron chi connectivity index (χ3n) is 5.54. The maximum Gasteiger partial charge on any atom is 0.416 e. The Morgan fingerprint density at radius 3 is 2.72 bits per heavy atom. The number of aryl methyl sites for hydroxylation is 2. The first-order valence-corrected chi connectivity index (χ1v) is 10.1. The largest absolute Gasteiger partial charge is 0.416 e. The van der Waals surface area contributed by atoms with Crippen LogP contribution >= 0.6 is 0 Å². The van der Waals surface area contributed by atoms with Gasteiger partial charge in [-0.05, 0) is 32.0 Å². The molecule has 3 heterocycles. The van der Waals surface area contributed by atoms with Crippen molar-refractivity contribution in [2.45, 2.75) is 44.6 Å². The van der Waals surface area contributed by atoms with Crippen molar-refractivity contribution in [3.63, 3.8) is 0 Å². The van der Waals surface area contributed by atoms with Gasteiger partial charge in [-0.1, -0.05) is 0 Å². The highest BCUT2D eigenvalue weighted by molar-refractivity contribution is 5.92. The van der Waals surface area contributed by atoms with Gasteiger partial charge >= 0.3 is 6.18 Å². The zero-order valence-electron chi connectivity index (χ0n) is 17.5. The number of amides is 1. The van der Waals surface area contributed by atoms with E-state index in [0.29, 0.717) is 17.8 Å². The molecule has 0 bridgehead atoms. The van der Waals surface area contributed by atoms with Crippen molar-refractivity contribution in [1.82, 2.24) is 24.8 Å². The minimum absolute atomic E-state index is 0.0432. The molecule has 2 atom stereocenters. The molecule has 3 aromatic rings. The predicted molar refractivity (Wildman–Crippen MR) is 108 cm³/mol. The average molecular weight is 449 g/mol. The SMILES string of the molecule is CCn1c([C@@H](NC(=O)c2cnc(C)cn2)[C@@]2(O)CCOC2)nc2cc(C(F)(F)F)ccc21. The van der Waals surface area contributed by atoms with Crippen molar-refractivity contribution < 1.29 is 27.8 Å². The van der Waals surface area contributed by atoms with E-state index in [-0.39, 0.29) is 36.7 Å². The Morgan fingerprint density at radius 2 is 2.12 bits per heavy atom. The third-order valence-corrected chi connectivity index (χ3v) is 5.54. The minimum Gasteiger partial charge on any atom is -0.385 e. The summed E-state index contributed by atoms with van der Waals surface area (Å²) in [7, 11) is 0. The number of halogens is 3. The lowest BCUT2D eigenvalue weighted by Gasteiger charge is -2.31. The fourth-order valence-electron chi connectivity index (χ4n) is 3.83. The molecule has 1 fully saturated rings. The Bertz CT molecular complexity index is 1140. The molecule has 0 aliphatic carbocycles. The van der Waals surface area contributed by atoms with E-state index in [2.05, 4.69) is 20.3 Å². The number of nitrogens with zero attached hydrogens (tertiary/aromatic N) is 4. The number of rotatable bonds is 5. The Labute approximate surface area is 181 Å². The van der Waals surface area contributed by atoms with E-state index < -0.39 is 29.3 Å². The Hall–Kier alpha value is -3.05. The molecular formula is C21H22F3N5O3. The van der Waals surface area contributed by atoms with Gasteiger partial charge < -0.3 is 19.7 Å². The Kier molecular flexibility index (Phi) is 5.63. The number of imidazole rings is 1. The maximum absolute atomic E-state index is 13.2. The van der Waals surface area contributed by atoms with Crippen molar-refractivity contribution in [3.8, 4) is 0 Å². The molecule has 1 saturated heterocycles. The molecule has 11 heteroatoms. The first-order chi connectivity index (χ1) is 15.1. The number of hydrogen-bond acceptors (Lipinski definition) is 6. The molecule has 1 aliphatic heterocycles. The third kappa shape index (κ3) is 4.05. The number of aromatic nitrogens is 4. The first-order valence-electron chi connectivity index (χ1n) is 10.1. The van der Waals surface area contributed by atoms with Crippen LogP contribution in [-0.2, 0) is 17.5 Å². The number of alkyl halides is 3. The molecule has 1 amide bonds. The summed E-state index contributed by atoms with van der Waals surface area (Å²) in [5.41, 5.74) is -1.05. The van der Waals surface area contributed by atoms with Gasteiger partial charge in [-0.25, -0.2) is 9.97 Å². The van der Waals surface area contributed by atoms with Crippen LogP contribution in [0, 0.1) is 6.92 Å². The second-order valence-corrected chi connectivity index (χ2v) is 7.77. The number of fused-ring (bicyclic) bond motifs is 1. The lowest BCUT2D eigenvalue weighted by molar-refractivity contribution is -0.137. The number of benzene rings is 1. The predicted octanol–water partition coefficient (Wildman–Crippen LogP) is 2.80. The second-order valence-electron chi connectivity index (χ2n) is 7.77. The highest BCUT2D eigenvalue weighted by Gasteiger charge is 2.45. The fourth-order valence-corrected chi connectivity index (χ4v) is 3.83. The number of carbonyl (C=O) groups excluding carboxylic acids is 1. The number of hydrogen-bond donors (Lipinski definition) is 2. The highest BCUT2D eigenvalue weighted by Crippen LogP contribution is 2.36. The van der Waals surface area contributed by atoms with Crippen LogP contribution in [0.25, 0.3) is 11.0 Å². The van der Waals surface area contributed by atoms with E-state index in [1.54, 1.807) is 11.5 Å². The average Bonchev–Trinajstić information content (AvgIpc) is 3.35. The van der Waals surface area contributed by atoms with Crippen LogP contribution in [0.2, 0.25) is 0 Å². The van der Waals surface area contributed by atoms with Crippen molar-refractivity contribution in [2.24, 2.45) is 0 Å². The van der Waals surface area contributed by atoms with E-state index in [1.165, 1.54) is 18.5 Å². The van der Waals surface area contributed by atoms with Gasteiger partial charge in [-0.2, -0.15) is 13.2 Å². The summed E-state index contributed by atoms with van der Waals surface area (Å²) >= 11 is 0. The highest BCUT2D eigenvalue weighted by atomic mass is 19.4. The van der Waals surface area contributed by atoms with Gasteiger partial charge in [0.05, 0.1) is 35.1 Å². The van der Waals surface area contributed by atoms with Crippen LogP contribution in [0.15, 0.2) is 30.6 Å². The molecule has 0 unspecified atom stereocenters. The zero-order valence-corrected chi connectivity index (χ0v) is 17.5. The van der Waals surface area contributed by atoms with Crippen LogP contribution < -0.4 is 5.32 Å². The molecule has 170 valence electrons. The van der Waals surface area contributed by atoms with Crippen LogP contribution in [0.4, 0.5) is 13.2 Å². The normalized spacial score (nSPS) is 19.9. The van der Waals surface area contributed by atoms with Gasteiger partial charge in [-0.3, -0.25) is 9.78 Å². The summed E-state index contributed by atoms with van der Waals surface area (Å²) in [6.45, 7) is 4.12. The zero-order chi connectivity index (χ0) is 23.1. The quantitative estimate of drug-likeness (QED) is 0.621.